The van der Waals surface area contributed by atoms with Crippen LogP contribution in [0.4, 0.5) is 0 Å². The molecule has 4 heteroatoms. The summed E-state index contributed by atoms with van der Waals surface area (Å²) < 4.78 is 5.69. The van der Waals surface area contributed by atoms with Crippen molar-refractivity contribution in [1.29, 1.82) is 0 Å². The molecule has 2 rings (SSSR count). The molecule has 0 aliphatic carbocycles. The number of hydrogen-bond acceptors (Lipinski definition) is 2. The van der Waals surface area contributed by atoms with Gasteiger partial charge in [0.1, 0.15) is 16.4 Å². The largest absolute Gasteiger partial charge is 0.508 e. The molecule has 1 aromatic heterocycles. The first-order valence-electron chi connectivity index (χ1n) is 3.25. The normalized spacial score (nSPS) is 10.8. The molecule has 0 aliphatic heterocycles. The Kier molecular flexibility index (Phi) is 1.77. The predicted octanol–water partition coefficient (Wildman–Crippen LogP) is 3.55. The molecule has 0 fully saturated rings. The topological polar surface area (TPSA) is 33.4 Å². The van der Waals surface area contributed by atoms with Gasteiger partial charge in [-0.1, -0.05) is 11.6 Å². The van der Waals surface area contributed by atoms with E-state index in [-0.39, 0.29) is 5.75 Å². The monoisotopic (exact) mass is 246 g/mol. The van der Waals surface area contributed by atoms with Crippen molar-refractivity contribution in [3.8, 4) is 5.75 Å². The minimum absolute atomic E-state index is 0.167. The molecule has 0 spiro atoms. The second kappa shape index (κ2) is 2.68. The summed E-state index contributed by atoms with van der Waals surface area (Å²) in [5, 5.41) is 10.4. The Hall–Kier alpha value is -0.670. The summed E-state index contributed by atoms with van der Waals surface area (Å²) in [5.41, 5.74) is 0.576. The van der Waals surface area contributed by atoms with Crippen molar-refractivity contribution in [3.63, 3.8) is 0 Å². The fraction of sp³-hybridized carbons (Fsp3) is 0. The molecule has 0 amide bonds. The van der Waals surface area contributed by atoms with Crippen LogP contribution in [-0.2, 0) is 0 Å². The number of fused-ring (bicyclic) bond motifs is 1. The molecule has 0 radical (unpaired) electrons. The SMILES string of the molecule is Oc1ccc2c(Cl)c(Br)oc2c1. The number of aromatic hydroxyl groups is 1. The number of hydrogen-bond donors (Lipinski definition) is 1. The molecular formula is C8H4BrClO2. The molecular weight excluding hydrogens is 243 g/mol. The minimum atomic E-state index is 0.167. The highest BCUT2D eigenvalue weighted by Crippen LogP contribution is 2.35. The maximum Gasteiger partial charge on any atom is 0.189 e. The van der Waals surface area contributed by atoms with Gasteiger partial charge in [0.15, 0.2) is 4.67 Å². The molecule has 0 saturated carbocycles. The molecule has 1 N–H and O–H groups in total. The van der Waals surface area contributed by atoms with Crippen molar-refractivity contribution in [2.75, 3.05) is 0 Å². The minimum Gasteiger partial charge on any atom is -0.508 e. The predicted molar refractivity (Wildman–Crippen MR) is 50.6 cm³/mol. The molecule has 0 atom stereocenters. The van der Waals surface area contributed by atoms with Crippen LogP contribution in [0.3, 0.4) is 0 Å². The summed E-state index contributed by atoms with van der Waals surface area (Å²) in [6, 6.07) is 4.80. The van der Waals surface area contributed by atoms with Crippen LogP contribution in [-0.4, -0.2) is 5.11 Å². The average molecular weight is 247 g/mol. The number of rotatable bonds is 0. The Morgan fingerprint density at radius 3 is 2.92 bits per heavy atom. The van der Waals surface area contributed by atoms with Gasteiger partial charge in [0.2, 0.25) is 0 Å². The first-order valence-corrected chi connectivity index (χ1v) is 4.42. The first-order chi connectivity index (χ1) is 5.68. The van der Waals surface area contributed by atoms with Gasteiger partial charge in [-0.2, -0.15) is 0 Å². The van der Waals surface area contributed by atoms with E-state index < -0.39 is 0 Å². The molecule has 0 saturated heterocycles. The third kappa shape index (κ3) is 1.09. The van der Waals surface area contributed by atoms with Gasteiger partial charge in [-0.25, -0.2) is 0 Å². The lowest BCUT2D eigenvalue weighted by molar-refractivity contribution is 0.474. The van der Waals surface area contributed by atoms with Crippen molar-refractivity contribution in [2.24, 2.45) is 0 Å². The van der Waals surface area contributed by atoms with Crippen molar-refractivity contribution in [2.45, 2.75) is 0 Å². The standard InChI is InChI=1S/C8H4BrClO2/c9-8-7(10)5-2-1-4(11)3-6(5)12-8/h1-3,11H. The molecule has 62 valence electrons. The zero-order chi connectivity index (χ0) is 8.72. The average Bonchev–Trinajstić information content (AvgIpc) is 2.28. The fourth-order valence-electron chi connectivity index (χ4n) is 1.02. The third-order valence-electron chi connectivity index (χ3n) is 1.57. The molecule has 0 aliphatic rings. The first kappa shape index (κ1) is 7.95. The maximum atomic E-state index is 9.11. The van der Waals surface area contributed by atoms with E-state index in [2.05, 4.69) is 15.9 Å². The van der Waals surface area contributed by atoms with Gasteiger partial charge in [0.25, 0.3) is 0 Å². The molecule has 1 heterocycles. The number of phenols is 1. The van der Waals surface area contributed by atoms with E-state index in [0.29, 0.717) is 15.3 Å². The van der Waals surface area contributed by atoms with Gasteiger partial charge in [-0.05, 0) is 28.1 Å². The van der Waals surface area contributed by atoms with Crippen molar-refractivity contribution in [1.82, 2.24) is 0 Å². The van der Waals surface area contributed by atoms with Gasteiger partial charge >= 0.3 is 0 Å². The number of benzene rings is 1. The quantitative estimate of drug-likeness (QED) is 0.772. The number of phenolic OH excluding ortho intramolecular Hbond substituents is 1. The summed E-state index contributed by atoms with van der Waals surface area (Å²) in [5.74, 6) is 0.167. The fourth-order valence-corrected chi connectivity index (χ4v) is 1.61. The van der Waals surface area contributed by atoms with E-state index in [1.165, 1.54) is 6.07 Å². The van der Waals surface area contributed by atoms with E-state index in [0.717, 1.165) is 5.39 Å². The van der Waals surface area contributed by atoms with Crippen LogP contribution in [0.5, 0.6) is 5.75 Å². The highest BCUT2D eigenvalue weighted by atomic mass is 79.9. The maximum absolute atomic E-state index is 9.11. The van der Waals surface area contributed by atoms with Crippen LogP contribution in [0.2, 0.25) is 5.02 Å². The molecule has 0 bridgehead atoms. The highest BCUT2D eigenvalue weighted by molar-refractivity contribution is 9.10. The van der Waals surface area contributed by atoms with E-state index in [1.54, 1.807) is 12.1 Å². The Labute approximate surface area is 81.9 Å². The van der Waals surface area contributed by atoms with Crippen LogP contribution in [0, 0.1) is 0 Å². The summed E-state index contributed by atoms with van der Waals surface area (Å²) in [6.45, 7) is 0. The molecule has 1 aromatic carbocycles. The second-order valence-corrected chi connectivity index (χ2v) is 3.47. The van der Waals surface area contributed by atoms with Crippen LogP contribution in [0.15, 0.2) is 27.3 Å². The van der Waals surface area contributed by atoms with E-state index in [9.17, 15) is 0 Å². The van der Waals surface area contributed by atoms with Gasteiger partial charge in [0, 0.05) is 11.5 Å². The Morgan fingerprint density at radius 1 is 1.42 bits per heavy atom. The summed E-state index contributed by atoms with van der Waals surface area (Å²) in [4.78, 5) is 0. The highest BCUT2D eigenvalue weighted by Gasteiger charge is 2.09. The van der Waals surface area contributed by atoms with Crippen molar-refractivity contribution < 1.29 is 9.52 Å². The van der Waals surface area contributed by atoms with Gasteiger partial charge < -0.3 is 9.52 Å². The Balaban J connectivity index is 2.87. The van der Waals surface area contributed by atoms with Crippen molar-refractivity contribution >= 4 is 38.5 Å². The van der Waals surface area contributed by atoms with Gasteiger partial charge in [-0.3, -0.25) is 0 Å². The van der Waals surface area contributed by atoms with Crippen LogP contribution < -0.4 is 0 Å². The van der Waals surface area contributed by atoms with E-state index in [4.69, 9.17) is 21.1 Å². The number of halogens is 2. The molecule has 0 unspecified atom stereocenters. The number of furan rings is 1. The summed E-state index contributed by atoms with van der Waals surface area (Å²) >= 11 is 9.02. The van der Waals surface area contributed by atoms with Crippen LogP contribution in [0.1, 0.15) is 0 Å². The lowest BCUT2D eigenvalue weighted by Gasteiger charge is -1.89. The Bertz CT molecular complexity index is 436. The zero-order valence-corrected chi connectivity index (χ0v) is 8.19. The van der Waals surface area contributed by atoms with Crippen molar-refractivity contribution in [3.05, 3.63) is 27.9 Å². The second-order valence-electron chi connectivity index (χ2n) is 2.37. The summed E-state index contributed by atoms with van der Waals surface area (Å²) in [6.07, 6.45) is 0. The van der Waals surface area contributed by atoms with Gasteiger partial charge in [0.05, 0.1) is 0 Å². The van der Waals surface area contributed by atoms with Crippen LogP contribution in [0.25, 0.3) is 11.0 Å². The smallest absolute Gasteiger partial charge is 0.189 e. The Morgan fingerprint density at radius 2 is 2.17 bits per heavy atom. The van der Waals surface area contributed by atoms with E-state index >= 15 is 0 Å². The molecule has 2 nitrogen and oxygen atoms in total. The van der Waals surface area contributed by atoms with Crippen LogP contribution >= 0.6 is 27.5 Å². The summed E-state index contributed by atoms with van der Waals surface area (Å²) in [7, 11) is 0. The molecule has 12 heavy (non-hydrogen) atoms. The zero-order valence-electron chi connectivity index (χ0n) is 5.84. The lowest BCUT2D eigenvalue weighted by atomic mass is 10.2. The van der Waals surface area contributed by atoms with E-state index in [1.807, 2.05) is 0 Å². The molecule has 2 aromatic rings. The van der Waals surface area contributed by atoms with Gasteiger partial charge in [-0.15, -0.1) is 0 Å². The lowest BCUT2D eigenvalue weighted by Crippen LogP contribution is -1.64. The third-order valence-corrected chi connectivity index (χ3v) is 2.74.